The van der Waals surface area contributed by atoms with Gasteiger partial charge in [0.15, 0.2) is 0 Å². The molecule has 1 saturated heterocycles. The highest BCUT2D eigenvalue weighted by molar-refractivity contribution is 6.00. The van der Waals surface area contributed by atoms with Crippen LogP contribution in [-0.2, 0) is 4.79 Å². The van der Waals surface area contributed by atoms with Crippen molar-refractivity contribution in [2.75, 3.05) is 50.6 Å². The molecule has 0 bridgehead atoms. The van der Waals surface area contributed by atoms with Crippen molar-refractivity contribution in [2.24, 2.45) is 0 Å². The number of rotatable bonds is 6. The van der Waals surface area contributed by atoms with E-state index in [2.05, 4.69) is 22.2 Å². The minimum absolute atomic E-state index is 0.160. The lowest BCUT2D eigenvalue weighted by Crippen LogP contribution is -2.44. The molecule has 0 radical (unpaired) electrons. The molecule has 0 aromatic heterocycles. The summed E-state index contributed by atoms with van der Waals surface area (Å²) in [4.78, 5) is 16.8. The number of ether oxygens (including phenoxy) is 1. The smallest absolute Gasteiger partial charge is 0.248 e. The maximum Gasteiger partial charge on any atom is 0.248 e. The minimum Gasteiger partial charge on any atom is -0.495 e. The number of hydrogen-bond acceptors (Lipinski definition) is 4. The summed E-state index contributed by atoms with van der Waals surface area (Å²) < 4.78 is 5.52. The van der Waals surface area contributed by atoms with Gasteiger partial charge >= 0.3 is 0 Å². The summed E-state index contributed by atoms with van der Waals surface area (Å²) in [5.41, 5.74) is 2.87. The number of benzene rings is 2. The Kier molecular flexibility index (Phi) is 6.87. The average Bonchev–Trinajstić information content (AvgIpc) is 2.72. The van der Waals surface area contributed by atoms with Crippen molar-refractivity contribution in [3.05, 3.63) is 72.3 Å². The normalized spacial score (nSPS) is 15.3. The first kappa shape index (κ1) is 19.7. The van der Waals surface area contributed by atoms with Crippen LogP contribution in [0.4, 0.5) is 11.4 Å². The first-order chi connectivity index (χ1) is 13.7. The van der Waals surface area contributed by atoms with E-state index in [-0.39, 0.29) is 5.91 Å². The number of allylic oxidation sites excluding steroid dienone is 2. The molecule has 0 saturated carbocycles. The van der Waals surface area contributed by atoms with Gasteiger partial charge in [0.05, 0.1) is 12.8 Å². The second kappa shape index (κ2) is 9.76. The summed E-state index contributed by atoms with van der Waals surface area (Å²) in [5.74, 6) is 0.663. The number of anilines is 2. The Balaban J connectivity index is 1.63. The quantitative estimate of drug-likeness (QED) is 0.616. The van der Waals surface area contributed by atoms with Gasteiger partial charge in [-0.05, 0) is 30.8 Å². The molecule has 0 spiro atoms. The van der Waals surface area contributed by atoms with Gasteiger partial charge in [-0.1, -0.05) is 48.6 Å². The van der Waals surface area contributed by atoms with Crippen molar-refractivity contribution >= 4 is 23.4 Å². The van der Waals surface area contributed by atoms with Gasteiger partial charge in [0.1, 0.15) is 5.75 Å². The van der Waals surface area contributed by atoms with Crippen LogP contribution in [0.1, 0.15) is 5.56 Å². The molecular formula is C23H27N3O2. The second-order valence-electron chi connectivity index (χ2n) is 6.80. The molecule has 146 valence electrons. The number of piperazine rings is 1. The van der Waals surface area contributed by atoms with E-state index in [9.17, 15) is 4.79 Å². The predicted octanol–water partition coefficient (Wildman–Crippen LogP) is 3.66. The zero-order valence-electron chi connectivity index (χ0n) is 16.5. The molecule has 0 unspecified atom stereocenters. The first-order valence-electron chi connectivity index (χ1n) is 9.48. The number of carbonyl (C=O) groups excluding carboxylic acids is 1. The summed E-state index contributed by atoms with van der Waals surface area (Å²) >= 11 is 0. The van der Waals surface area contributed by atoms with E-state index >= 15 is 0 Å². The maximum absolute atomic E-state index is 12.2. The van der Waals surface area contributed by atoms with Crippen LogP contribution in [0.25, 0.3) is 6.08 Å². The largest absolute Gasteiger partial charge is 0.495 e. The molecular weight excluding hydrogens is 350 g/mol. The number of likely N-dealkylation sites (N-methyl/N-ethyl adjacent to an activating group) is 1. The van der Waals surface area contributed by atoms with Crippen LogP contribution < -0.4 is 15.0 Å². The van der Waals surface area contributed by atoms with Gasteiger partial charge < -0.3 is 19.9 Å². The van der Waals surface area contributed by atoms with Crippen LogP contribution >= 0.6 is 0 Å². The van der Waals surface area contributed by atoms with Gasteiger partial charge in [0, 0.05) is 37.9 Å². The molecule has 5 heteroatoms. The lowest BCUT2D eigenvalue weighted by Gasteiger charge is -2.34. The van der Waals surface area contributed by atoms with Crippen molar-refractivity contribution in [1.29, 1.82) is 0 Å². The van der Waals surface area contributed by atoms with Crippen LogP contribution in [0.15, 0.2) is 66.8 Å². The lowest BCUT2D eigenvalue weighted by atomic mass is 10.2. The van der Waals surface area contributed by atoms with Crippen molar-refractivity contribution in [3.63, 3.8) is 0 Å². The predicted molar refractivity (Wildman–Crippen MR) is 116 cm³/mol. The molecule has 0 atom stereocenters. The number of carbonyl (C=O) groups is 1. The Bertz CT molecular complexity index is 838. The third-order valence-electron chi connectivity index (χ3n) is 4.74. The van der Waals surface area contributed by atoms with E-state index in [0.29, 0.717) is 0 Å². The van der Waals surface area contributed by atoms with E-state index in [1.165, 1.54) is 6.08 Å². The summed E-state index contributed by atoms with van der Waals surface area (Å²) in [6.45, 7) is 3.90. The van der Waals surface area contributed by atoms with Crippen LogP contribution in [0.2, 0.25) is 0 Å². The van der Waals surface area contributed by atoms with Gasteiger partial charge in [-0.15, -0.1) is 0 Å². The zero-order valence-corrected chi connectivity index (χ0v) is 16.5. The summed E-state index contributed by atoms with van der Waals surface area (Å²) in [7, 11) is 3.80. The Labute approximate surface area is 166 Å². The highest BCUT2D eigenvalue weighted by atomic mass is 16.5. The fraction of sp³-hybridized carbons (Fsp3) is 0.261. The van der Waals surface area contributed by atoms with E-state index in [4.69, 9.17) is 4.74 Å². The highest BCUT2D eigenvalue weighted by Crippen LogP contribution is 2.32. The van der Waals surface area contributed by atoms with Crippen LogP contribution in [0.5, 0.6) is 5.75 Å². The fourth-order valence-corrected chi connectivity index (χ4v) is 3.12. The van der Waals surface area contributed by atoms with Gasteiger partial charge in [-0.25, -0.2) is 0 Å². The van der Waals surface area contributed by atoms with Crippen molar-refractivity contribution in [2.45, 2.75) is 0 Å². The van der Waals surface area contributed by atoms with Gasteiger partial charge in [-0.2, -0.15) is 0 Å². The van der Waals surface area contributed by atoms with Crippen molar-refractivity contribution in [1.82, 2.24) is 4.90 Å². The Morgan fingerprint density at radius 3 is 2.50 bits per heavy atom. The molecule has 1 heterocycles. The van der Waals surface area contributed by atoms with Gasteiger partial charge in [-0.3, -0.25) is 4.79 Å². The summed E-state index contributed by atoms with van der Waals surface area (Å²) in [6.07, 6.45) is 7.09. The number of hydrogen-bond donors (Lipinski definition) is 1. The molecule has 1 amide bonds. The molecule has 1 aliphatic rings. The monoisotopic (exact) mass is 377 g/mol. The Morgan fingerprint density at radius 2 is 1.79 bits per heavy atom. The molecule has 2 aromatic carbocycles. The van der Waals surface area contributed by atoms with Crippen LogP contribution in [0.3, 0.4) is 0 Å². The van der Waals surface area contributed by atoms with Crippen LogP contribution in [0, 0.1) is 0 Å². The summed E-state index contributed by atoms with van der Waals surface area (Å²) in [5, 5.41) is 2.93. The van der Waals surface area contributed by atoms with Crippen molar-refractivity contribution in [3.8, 4) is 5.75 Å². The molecule has 5 nitrogen and oxygen atoms in total. The standard InChI is InChI=1S/C23H27N3O2/c1-25-14-16-26(17-15-25)21-18-20(12-13-22(21)28-2)24-23(27)11-7-6-10-19-8-4-3-5-9-19/h3-13,18H,14-17H2,1-2H3,(H,24,27). The number of nitrogens with zero attached hydrogens (tertiary/aromatic N) is 2. The SMILES string of the molecule is COc1ccc(NC(=O)C=CC=Cc2ccccc2)cc1N1CCN(C)CC1. The van der Waals surface area contributed by atoms with Crippen molar-refractivity contribution < 1.29 is 9.53 Å². The third-order valence-corrected chi connectivity index (χ3v) is 4.74. The van der Waals surface area contributed by atoms with Crippen LogP contribution in [-0.4, -0.2) is 51.1 Å². The van der Waals surface area contributed by atoms with E-state index < -0.39 is 0 Å². The third kappa shape index (κ3) is 5.47. The molecule has 28 heavy (non-hydrogen) atoms. The number of amides is 1. The van der Waals surface area contributed by atoms with E-state index in [1.54, 1.807) is 13.2 Å². The second-order valence-corrected chi connectivity index (χ2v) is 6.80. The number of nitrogens with one attached hydrogen (secondary N) is 1. The topological polar surface area (TPSA) is 44.8 Å². The number of methoxy groups -OCH3 is 1. The first-order valence-corrected chi connectivity index (χ1v) is 9.48. The van der Waals surface area contributed by atoms with Gasteiger partial charge in [0.2, 0.25) is 5.91 Å². The van der Waals surface area contributed by atoms with E-state index in [1.807, 2.05) is 60.7 Å². The average molecular weight is 377 g/mol. The Hall–Kier alpha value is -3.05. The molecule has 0 aliphatic carbocycles. The zero-order chi connectivity index (χ0) is 19.8. The summed E-state index contributed by atoms with van der Waals surface area (Å²) in [6, 6.07) is 15.7. The van der Waals surface area contributed by atoms with Gasteiger partial charge in [0.25, 0.3) is 0 Å². The Morgan fingerprint density at radius 1 is 1.04 bits per heavy atom. The highest BCUT2D eigenvalue weighted by Gasteiger charge is 2.18. The molecule has 3 rings (SSSR count). The van der Waals surface area contributed by atoms with E-state index in [0.717, 1.165) is 48.9 Å². The lowest BCUT2D eigenvalue weighted by molar-refractivity contribution is -0.111. The molecule has 1 N–H and O–H groups in total. The molecule has 1 fully saturated rings. The molecule has 1 aliphatic heterocycles. The fourth-order valence-electron chi connectivity index (χ4n) is 3.12. The maximum atomic E-state index is 12.2. The molecule has 2 aromatic rings. The minimum atomic E-state index is -0.160.